The maximum atomic E-state index is 5.84. The molecule has 0 spiro atoms. The smallest absolute Gasteiger partial charge is 0.0594 e. The van der Waals surface area contributed by atoms with Crippen LogP contribution in [-0.4, -0.2) is 56.0 Å². The number of nitrogens with one attached hydrogen (secondary N) is 1. The van der Waals surface area contributed by atoms with Gasteiger partial charge in [-0.25, -0.2) is 0 Å². The molecule has 2 saturated heterocycles. The van der Waals surface area contributed by atoms with E-state index in [2.05, 4.69) is 24.2 Å². The average molecular weight is 271 g/mol. The molecular weight excluding hydrogens is 242 g/mol. The predicted molar refractivity (Wildman–Crippen MR) is 75.7 cm³/mol. The third-order valence-electron chi connectivity index (χ3n) is 4.79. The molecule has 3 N–H and O–H groups in total. The Labute approximate surface area is 116 Å². The first-order valence-corrected chi connectivity index (χ1v) is 7.51. The van der Waals surface area contributed by atoms with E-state index in [1.807, 2.05) is 0 Å². The van der Waals surface area contributed by atoms with Gasteiger partial charge in [-0.2, -0.15) is 0 Å². The average Bonchev–Trinajstić information content (AvgIpc) is 2.46. The second kappa shape index (κ2) is 6.99. The van der Waals surface area contributed by atoms with Crippen molar-refractivity contribution in [2.45, 2.75) is 44.7 Å². The zero-order chi connectivity index (χ0) is 13.7. The van der Waals surface area contributed by atoms with Gasteiger partial charge in [0.15, 0.2) is 0 Å². The normalized spacial score (nSPS) is 25.4. The molecule has 1 atom stereocenters. The molecule has 0 aromatic rings. The zero-order valence-electron chi connectivity index (χ0n) is 12.4. The maximum absolute atomic E-state index is 5.84. The molecule has 0 saturated carbocycles. The van der Waals surface area contributed by atoms with Gasteiger partial charge in [-0.05, 0) is 39.0 Å². The maximum Gasteiger partial charge on any atom is 0.0594 e. The molecule has 0 amide bonds. The van der Waals surface area contributed by atoms with Crippen molar-refractivity contribution in [3.8, 4) is 0 Å². The summed E-state index contributed by atoms with van der Waals surface area (Å²) in [5.74, 6) is 6.58. The van der Waals surface area contributed by atoms with Crippen LogP contribution in [0.15, 0.2) is 0 Å². The summed E-state index contributed by atoms with van der Waals surface area (Å²) in [5.41, 5.74) is 3.13. The number of nitrogens with two attached hydrogens (primary N) is 1. The summed E-state index contributed by atoms with van der Waals surface area (Å²) in [7, 11) is 0. The van der Waals surface area contributed by atoms with E-state index in [4.69, 9.17) is 15.3 Å². The Balaban J connectivity index is 1.93. The monoisotopic (exact) mass is 271 g/mol. The molecule has 5 nitrogen and oxygen atoms in total. The molecule has 2 heterocycles. The summed E-state index contributed by atoms with van der Waals surface area (Å²) in [6.45, 7) is 10.1. The first-order chi connectivity index (χ1) is 9.14. The van der Waals surface area contributed by atoms with E-state index in [0.717, 1.165) is 64.7 Å². The summed E-state index contributed by atoms with van der Waals surface area (Å²) in [5, 5.41) is 0. The van der Waals surface area contributed by atoms with E-state index in [-0.39, 0.29) is 5.54 Å². The molecule has 0 aromatic heterocycles. The number of rotatable bonds is 5. The van der Waals surface area contributed by atoms with Crippen LogP contribution in [0.2, 0.25) is 0 Å². The molecule has 2 fully saturated rings. The molecular formula is C14H29N3O2. The fraction of sp³-hybridized carbons (Fsp3) is 1.00. The van der Waals surface area contributed by atoms with Crippen molar-refractivity contribution in [3.63, 3.8) is 0 Å². The summed E-state index contributed by atoms with van der Waals surface area (Å²) < 4.78 is 10.9. The minimum Gasteiger partial charge on any atom is -0.381 e. The van der Waals surface area contributed by atoms with Crippen molar-refractivity contribution in [1.29, 1.82) is 0 Å². The van der Waals surface area contributed by atoms with Gasteiger partial charge < -0.3 is 9.47 Å². The van der Waals surface area contributed by atoms with Gasteiger partial charge in [0.1, 0.15) is 0 Å². The van der Waals surface area contributed by atoms with Gasteiger partial charge >= 0.3 is 0 Å². The third-order valence-corrected chi connectivity index (χ3v) is 4.79. The van der Waals surface area contributed by atoms with Crippen LogP contribution >= 0.6 is 0 Å². The molecule has 19 heavy (non-hydrogen) atoms. The van der Waals surface area contributed by atoms with Gasteiger partial charge in [-0.3, -0.25) is 16.2 Å². The molecule has 112 valence electrons. The summed E-state index contributed by atoms with van der Waals surface area (Å²) >= 11 is 0. The Morgan fingerprint density at radius 1 is 1.16 bits per heavy atom. The Bertz CT molecular complexity index is 261. The number of hydrogen-bond donors (Lipinski definition) is 2. The zero-order valence-corrected chi connectivity index (χ0v) is 12.4. The quantitative estimate of drug-likeness (QED) is 0.571. The van der Waals surface area contributed by atoms with Crippen molar-refractivity contribution < 1.29 is 9.47 Å². The lowest BCUT2D eigenvalue weighted by atomic mass is 9.83. The van der Waals surface area contributed by atoms with E-state index in [1.54, 1.807) is 0 Å². The van der Waals surface area contributed by atoms with Crippen LogP contribution in [0.1, 0.15) is 33.1 Å². The minimum absolute atomic E-state index is 0.0663. The van der Waals surface area contributed by atoms with Gasteiger partial charge in [-0.15, -0.1) is 0 Å². The lowest BCUT2D eigenvalue weighted by molar-refractivity contribution is -0.0296. The summed E-state index contributed by atoms with van der Waals surface area (Å²) in [4.78, 5) is 2.50. The third kappa shape index (κ3) is 3.89. The standard InChI is InChI=1S/C14H29N3O2/c1-14(2,17-5-9-19-10-6-17)13(16-15)11-12-3-7-18-8-4-12/h12-13,16H,3-11,15H2,1-2H3. The predicted octanol–water partition coefficient (Wildman–Crippen LogP) is 0.746. The van der Waals surface area contributed by atoms with Crippen molar-refractivity contribution >= 4 is 0 Å². The first-order valence-electron chi connectivity index (χ1n) is 7.51. The second-order valence-corrected chi connectivity index (χ2v) is 6.26. The van der Waals surface area contributed by atoms with E-state index >= 15 is 0 Å². The Morgan fingerprint density at radius 2 is 1.74 bits per heavy atom. The number of hydrogen-bond acceptors (Lipinski definition) is 5. The van der Waals surface area contributed by atoms with Crippen molar-refractivity contribution in [2.24, 2.45) is 11.8 Å². The lowest BCUT2D eigenvalue weighted by Crippen LogP contribution is -2.62. The highest BCUT2D eigenvalue weighted by molar-refractivity contribution is 4.94. The SMILES string of the molecule is CC(C)(C(CC1CCOCC1)NN)N1CCOCC1. The highest BCUT2D eigenvalue weighted by Gasteiger charge is 2.37. The Hall–Kier alpha value is -0.200. The molecule has 2 rings (SSSR count). The highest BCUT2D eigenvalue weighted by Crippen LogP contribution is 2.28. The van der Waals surface area contributed by atoms with Crippen LogP contribution in [-0.2, 0) is 9.47 Å². The van der Waals surface area contributed by atoms with Crippen molar-refractivity contribution in [2.75, 3.05) is 39.5 Å². The number of morpholine rings is 1. The largest absolute Gasteiger partial charge is 0.381 e. The number of hydrazine groups is 1. The van der Waals surface area contributed by atoms with Crippen LogP contribution in [0.25, 0.3) is 0 Å². The Morgan fingerprint density at radius 3 is 2.32 bits per heavy atom. The highest BCUT2D eigenvalue weighted by atomic mass is 16.5. The van der Waals surface area contributed by atoms with Gasteiger partial charge in [0.25, 0.3) is 0 Å². The number of ether oxygens (including phenoxy) is 2. The Kier molecular flexibility index (Phi) is 5.59. The molecule has 0 radical (unpaired) electrons. The van der Waals surface area contributed by atoms with Crippen LogP contribution in [0.5, 0.6) is 0 Å². The molecule has 0 aliphatic carbocycles. The van der Waals surface area contributed by atoms with Crippen LogP contribution < -0.4 is 11.3 Å². The summed E-state index contributed by atoms with van der Waals surface area (Å²) in [6, 6.07) is 0.314. The second-order valence-electron chi connectivity index (χ2n) is 6.26. The van der Waals surface area contributed by atoms with E-state index in [0.29, 0.717) is 6.04 Å². The summed E-state index contributed by atoms with van der Waals surface area (Å²) in [6.07, 6.45) is 3.46. The van der Waals surface area contributed by atoms with Crippen molar-refractivity contribution in [3.05, 3.63) is 0 Å². The van der Waals surface area contributed by atoms with Crippen LogP contribution in [0.3, 0.4) is 0 Å². The van der Waals surface area contributed by atoms with Crippen LogP contribution in [0, 0.1) is 5.92 Å². The van der Waals surface area contributed by atoms with Crippen LogP contribution in [0.4, 0.5) is 0 Å². The molecule has 2 aliphatic heterocycles. The van der Waals surface area contributed by atoms with E-state index in [9.17, 15) is 0 Å². The van der Waals surface area contributed by atoms with Gasteiger partial charge in [0.2, 0.25) is 0 Å². The molecule has 0 aromatic carbocycles. The number of nitrogens with zero attached hydrogens (tertiary/aromatic N) is 1. The fourth-order valence-corrected chi connectivity index (χ4v) is 3.24. The fourth-order valence-electron chi connectivity index (χ4n) is 3.24. The molecule has 0 bridgehead atoms. The molecule has 5 heteroatoms. The first kappa shape index (κ1) is 15.2. The molecule has 2 aliphatic rings. The lowest BCUT2D eigenvalue weighted by Gasteiger charge is -2.46. The van der Waals surface area contributed by atoms with Gasteiger partial charge in [-0.1, -0.05) is 0 Å². The van der Waals surface area contributed by atoms with Crippen molar-refractivity contribution in [1.82, 2.24) is 10.3 Å². The van der Waals surface area contributed by atoms with Gasteiger partial charge in [0, 0.05) is 37.9 Å². The topological polar surface area (TPSA) is 59.8 Å². The minimum atomic E-state index is 0.0663. The molecule has 1 unspecified atom stereocenters. The van der Waals surface area contributed by atoms with E-state index in [1.165, 1.54) is 0 Å². The van der Waals surface area contributed by atoms with Gasteiger partial charge in [0.05, 0.1) is 13.2 Å². The van der Waals surface area contributed by atoms with E-state index < -0.39 is 0 Å².